The Balaban J connectivity index is 1.67. The molecule has 0 heterocycles. The Morgan fingerprint density at radius 2 is 1.51 bits per heavy atom. The van der Waals surface area contributed by atoms with E-state index in [1.54, 1.807) is 18.2 Å². The van der Waals surface area contributed by atoms with Crippen LogP contribution in [0.4, 0.5) is 5.69 Å². The fourth-order valence-electron chi connectivity index (χ4n) is 3.40. The number of hydrogen-bond donors (Lipinski definition) is 0. The summed E-state index contributed by atoms with van der Waals surface area (Å²) in [6.07, 6.45) is 6.20. The Labute approximate surface area is 215 Å². The lowest BCUT2D eigenvalue weighted by Gasteiger charge is -2.07. The number of benzene rings is 3. The minimum atomic E-state index is -0.761. The molecule has 0 aliphatic rings. The molecule has 8 heteroatoms. The molecule has 0 radical (unpaired) electrons. The molecule has 0 bridgehead atoms. The molecule has 192 valence electrons. The second kappa shape index (κ2) is 13.6. The molecule has 8 nitrogen and oxygen atoms in total. The van der Waals surface area contributed by atoms with Crippen LogP contribution in [-0.4, -0.2) is 29.9 Å². The lowest BCUT2D eigenvalue weighted by molar-refractivity contribution is -0.385. The average Bonchev–Trinajstić information content (AvgIpc) is 2.91. The van der Waals surface area contributed by atoms with Crippen molar-refractivity contribution < 1.29 is 28.7 Å². The zero-order valence-corrected chi connectivity index (χ0v) is 20.8. The van der Waals surface area contributed by atoms with E-state index in [0.717, 1.165) is 36.6 Å². The van der Waals surface area contributed by atoms with Gasteiger partial charge in [0.25, 0.3) is 0 Å². The molecule has 0 saturated heterocycles. The second-order valence-corrected chi connectivity index (χ2v) is 8.11. The predicted octanol–water partition coefficient (Wildman–Crippen LogP) is 6.68. The van der Waals surface area contributed by atoms with E-state index in [4.69, 9.17) is 14.2 Å². The Kier molecular flexibility index (Phi) is 9.96. The van der Waals surface area contributed by atoms with Crippen LogP contribution in [0.25, 0.3) is 6.08 Å². The summed E-state index contributed by atoms with van der Waals surface area (Å²) >= 11 is 0. The maximum Gasteiger partial charge on any atom is 0.343 e. The molecule has 0 aromatic heterocycles. The van der Waals surface area contributed by atoms with E-state index < -0.39 is 22.4 Å². The SMILES string of the molecule is CCCCCOc1ccc(/C=C/C(=O)c2ccc(OC(=O)c3ccc(OCC)cc3)c([N+](=O)[O-])c2)cc1. The zero-order valence-electron chi connectivity index (χ0n) is 20.8. The van der Waals surface area contributed by atoms with Gasteiger partial charge in [-0.15, -0.1) is 0 Å². The standard InChI is InChI=1S/C29H29NO7/c1-3-5-6-19-36-25-13-7-21(8-14-25)9-17-27(31)23-12-18-28(26(20-23)30(33)34)37-29(32)22-10-15-24(16-11-22)35-4-2/h7-18,20H,3-6,19H2,1-2H3/b17-9+. The smallest absolute Gasteiger partial charge is 0.343 e. The van der Waals surface area contributed by atoms with Gasteiger partial charge in [0.05, 0.1) is 23.7 Å². The molecular formula is C29H29NO7. The number of nitro benzene ring substituents is 1. The van der Waals surface area contributed by atoms with E-state index in [1.165, 1.54) is 30.3 Å². The minimum Gasteiger partial charge on any atom is -0.494 e. The number of unbranched alkanes of at least 4 members (excludes halogenated alkanes) is 2. The summed E-state index contributed by atoms with van der Waals surface area (Å²) < 4.78 is 16.3. The van der Waals surface area contributed by atoms with Crippen LogP contribution in [0.15, 0.2) is 72.8 Å². The van der Waals surface area contributed by atoms with Crippen LogP contribution in [0.1, 0.15) is 59.4 Å². The van der Waals surface area contributed by atoms with Crippen LogP contribution in [0.2, 0.25) is 0 Å². The Hall–Kier alpha value is -4.46. The van der Waals surface area contributed by atoms with Gasteiger partial charge in [-0.05, 0) is 73.5 Å². The molecule has 0 amide bonds. The summed E-state index contributed by atoms with van der Waals surface area (Å²) in [6, 6.07) is 17.3. The fraction of sp³-hybridized carbons (Fsp3) is 0.241. The number of allylic oxidation sites excluding steroid dienone is 1. The first-order valence-corrected chi connectivity index (χ1v) is 12.1. The number of nitrogens with zero attached hydrogens (tertiary/aromatic N) is 1. The van der Waals surface area contributed by atoms with Crippen molar-refractivity contribution in [2.24, 2.45) is 0 Å². The monoisotopic (exact) mass is 503 g/mol. The third-order valence-corrected chi connectivity index (χ3v) is 5.37. The summed E-state index contributed by atoms with van der Waals surface area (Å²) in [4.78, 5) is 36.0. The molecule has 3 aromatic rings. The highest BCUT2D eigenvalue weighted by atomic mass is 16.6. The summed E-state index contributed by atoms with van der Waals surface area (Å²) in [6.45, 7) is 5.12. The highest BCUT2D eigenvalue weighted by Gasteiger charge is 2.21. The van der Waals surface area contributed by atoms with Crippen LogP contribution in [0.3, 0.4) is 0 Å². The molecule has 3 rings (SSSR count). The molecule has 0 unspecified atom stereocenters. The molecule has 0 saturated carbocycles. The van der Waals surface area contributed by atoms with Gasteiger partial charge in [0, 0.05) is 11.6 Å². The zero-order chi connectivity index (χ0) is 26.6. The second-order valence-electron chi connectivity index (χ2n) is 8.11. The van der Waals surface area contributed by atoms with Gasteiger partial charge in [-0.2, -0.15) is 0 Å². The van der Waals surface area contributed by atoms with Crippen molar-refractivity contribution in [1.29, 1.82) is 0 Å². The van der Waals surface area contributed by atoms with E-state index in [2.05, 4.69) is 6.92 Å². The predicted molar refractivity (Wildman–Crippen MR) is 140 cm³/mol. The molecule has 0 spiro atoms. The molecular weight excluding hydrogens is 474 g/mol. The molecule has 0 aliphatic carbocycles. The first-order chi connectivity index (χ1) is 17.9. The van der Waals surface area contributed by atoms with Crippen molar-refractivity contribution in [3.63, 3.8) is 0 Å². The molecule has 0 aliphatic heterocycles. The lowest BCUT2D eigenvalue weighted by atomic mass is 10.1. The van der Waals surface area contributed by atoms with E-state index in [-0.39, 0.29) is 16.9 Å². The summed E-state index contributed by atoms with van der Waals surface area (Å²) in [5.41, 5.74) is 0.602. The largest absolute Gasteiger partial charge is 0.494 e. The van der Waals surface area contributed by atoms with Gasteiger partial charge in [0.15, 0.2) is 5.78 Å². The minimum absolute atomic E-state index is 0.0969. The van der Waals surface area contributed by atoms with Crippen molar-refractivity contribution in [3.05, 3.63) is 99.6 Å². The molecule has 0 atom stereocenters. The normalized spacial score (nSPS) is 10.8. The highest BCUT2D eigenvalue weighted by Crippen LogP contribution is 2.29. The van der Waals surface area contributed by atoms with Crippen molar-refractivity contribution in [3.8, 4) is 17.2 Å². The van der Waals surface area contributed by atoms with Gasteiger partial charge in [0.1, 0.15) is 11.5 Å². The van der Waals surface area contributed by atoms with Gasteiger partial charge in [-0.3, -0.25) is 14.9 Å². The van der Waals surface area contributed by atoms with Crippen molar-refractivity contribution in [2.45, 2.75) is 33.1 Å². The van der Waals surface area contributed by atoms with E-state index >= 15 is 0 Å². The van der Waals surface area contributed by atoms with Crippen LogP contribution < -0.4 is 14.2 Å². The number of ketones is 1. The molecule has 0 fully saturated rings. The highest BCUT2D eigenvalue weighted by molar-refractivity contribution is 6.07. The van der Waals surface area contributed by atoms with Gasteiger partial charge in [-0.25, -0.2) is 4.79 Å². The number of rotatable bonds is 13. The van der Waals surface area contributed by atoms with Crippen LogP contribution in [0, 0.1) is 10.1 Å². The third kappa shape index (κ3) is 8.03. The van der Waals surface area contributed by atoms with Crippen LogP contribution >= 0.6 is 0 Å². The van der Waals surface area contributed by atoms with E-state index in [1.807, 2.05) is 31.2 Å². The number of nitro groups is 1. The quantitative estimate of drug-likeness (QED) is 0.0487. The maximum atomic E-state index is 12.6. The van der Waals surface area contributed by atoms with Gasteiger partial charge >= 0.3 is 11.7 Å². The maximum absolute atomic E-state index is 12.6. The summed E-state index contributed by atoms with van der Waals surface area (Å²) in [7, 11) is 0. The van der Waals surface area contributed by atoms with Crippen LogP contribution in [0.5, 0.6) is 17.2 Å². The van der Waals surface area contributed by atoms with Crippen LogP contribution in [-0.2, 0) is 0 Å². The number of carbonyl (C=O) groups excluding carboxylic acids is 2. The molecule has 0 N–H and O–H groups in total. The Morgan fingerprint density at radius 3 is 2.16 bits per heavy atom. The third-order valence-electron chi connectivity index (χ3n) is 5.37. The van der Waals surface area contributed by atoms with Crippen molar-refractivity contribution in [1.82, 2.24) is 0 Å². The van der Waals surface area contributed by atoms with Crippen molar-refractivity contribution in [2.75, 3.05) is 13.2 Å². The lowest BCUT2D eigenvalue weighted by Crippen LogP contribution is -2.10. The first kappa shape index (κ1) is 27.1. The van der Waals surface area contributed by atoms with Gasteiger partial charge in [-0.1, -0.05) is 38.0 Å². The van der Waals surface area contributed by atoms with E-state index in [9.17, 15) is 19.7 Å². The average molecular weight is 504 g/mol. The van der Waals surface area contributed by atoms with Gasteiger partial charge in [0.2, 0.25) is 5.75 Å². The summed E-state index contributed by atoms with van der Waals surface area (Å²) in [5.74, 6) is -0.0903. The van der Waals surface area contributed by atoms with E-state index in [0.29, 0.717) is 19.0 Å². The number of esters is 1. The number of carbonyl (C=O) groups is 2. The number of ether oxygens (including phenoxy) is 3. The van der Waals surface area contributed by atoms with Crippen molar-refractivity contribution >= 4 is 23.5 Å². The summed E-state index contributed by atoms with van der Waals surface area (Å²) in [5, 5.41) is 11.6. The van der Waals surface area contributed by atoms with Gasteiger partial charge < -0.3 is 14.2 Å². The topological polar surface area (TPSA) is 105 Å². The first-order valence-electron chi connectivity index (χ1n) is 12.1. The number of hydrogen-bond acceptors (Lipinski definition) is 7. The fourth-order valence-corrected chi connectivity index (χ4v) is 3.40. The Bertz CT molecular complexity index is 1250. The molecule has 37 heavy (non-hydrogen) atoms. The molecule has 3 aromatic carbocycles. The Morgan fingerprint density at radius 1 is 0.865 bits per heavy atom.